The Morgan fingerprint density at radius 1 is 0.820 bits per heavy atom. The van der Waals surface area contributed by atoms with E-state index in [0.29, 0.717) is 42.1 Å². The third-order valence-electron chi connectivity index (χ3n) is 9.02. The van der Waals surface area contributed by atoms with Crippen molar-refractivity contribution in [3.05, 3.63) is 129 Å². The first-order valence-electron chi connectivity index (χ1n) is 15.9. The van der Waals surface area contributed by atoms with Crippen LogP contribution in [0.3, 0.4) is 0 Å². The molecular weight excluding hydrogens is 663 g/mol. The first-order valence-corrected chi connectivity index (χ1v) is 15.9. The summed E-state index contributed by atoms with van der Waals surface area (Å²) in [6.45, 7) is 1.81. The van der Waals surface area contributed by atoms with Gasteiger partial charge in [-0.25, -0.2) is 22.0 Å². The van der Waals surface area contributed by atoms with Crippen molar-refractivity contribution in [2.75, 3.05) is 27.3 Å². The number of rotatable bonds is 10. The van der Waals surface area contributed by atoms with Gasteiger partial charge in [0.25, 0.3) is 5.91 Å². The van der Waals surface area contributed by atoms with Crippen LogP contribution in [0.4, 0.5) is 22.0 Å². The number of carbonyl (C=O) groups is 1. The summed E-state index contributed by atoms with van der Waals surface area (Å²) < 4.78 is 92.7. The lowest BCUT2D eigenvalue weighted by atomic mass is 9.97. The molecule has 1 saturated heterocycles. The fourth-order valence-electron chi connectivity index (χ4n) is 6.29. The molecule has 0 unspecified atom stereocenters. The van der Waals surface area contributed by atoms with Crippen LogP contribution in [0.2, 0.25) is 0 Å². The number of methoxy groups -OCH3 is 2. The van der Waals surface area contributed by atoms with Crippen LogP contribution in [0.25, 0.3) is 0 Å². The van der Waals surface area contributed by atoms with Crippen molar-refractivity contribution in [1.29, 1.82) is 0 Å². The van der Waals surface area contributed by atoms with Gasteiger partial charge in [-0.15, -0.1) is 0 Å². The second kappa shape index (κ2) is 15.1. The number of amides is 1. The number of nitrogens with one attached hydrogen (secondary N) is 1. The van der Waals surface area contributed by atoms with Gasteiger partial charge in [0.15, 0.2) is 41.1 Å². The van der Waals surface area contributed by atoms with Gasteiger partial charge >= 0.3 is 0 Å². The summed E-state index contributed by atoms with van der Waals surface area (Å²) in [4.78, 5) is 14.7. The van der Waals surface area contributed by atoms with E-state index in [1.165, 1.54) is 5.56 Å². The minimum absolute atomic E-state index is 0.0817. The van der Waals surface area contributed by atoms with E-state index in [2.05, 4.69) is 10.2 Å². The average Bonchev–Trinajstić information content (AvgIpc) is 3.15. The standard InChI is InChI=1S/C37H35F5N2O6/c1-47-28-13-24-11-12-44(17-25(24)14-29(28)48-2)18-26-15-27(22-7-5-21(19-45)6-8-22)50-37(49-26)23-9-3-20(4-10-23)16-43-36(46)30-31(38)33(40)35(42)34(41)32(30)39/h3-10,13-14,26-27,37,45H,11-12,15-19H2,1-2H3,(H,43,46)/t26-,27+,37+/m1/s1. The van der Waals surface area contributed by atoms with Gasteiger partial charge in [-0.05, 0) is 46.4 Å². The molecule has 8 nitrogen and oxygen atoms in total. The number of carbonyl (C=O) groups excluding carboxylic acids is 1. The Morgan fingerprint density at radius 2 is 1.40 bits per heavy atom. The molecule has 0 spiro atoms. The van der Waals surface area contributed by atoms with Crippen LogP contribution in [0.15, 0.2) is 60.7 Å². The predicted molar refractivity (Wildman–Crippen MR) is 171 cm³/mol. The number of hydrogen-bond donors (Lipinski definition) is 2. The van der Waals surface area contributed by atoms with Crippen molar-refractivity contribution < 1.29 is 50.8 Å². The Morgan fingerprint density at radius 3 is 2.02 bits per heavy atom. The molecule has 2 aliphatic rings. The van der Waals surface area contributed by atoms with Gasteiger partial charge in [0.05, 0.1) is 33.0 Å². The van der Waals surface area contributed by atoms with Gasteiger partial charge in [0, 0.05) is 38.2 Å². The summed E-state index contributed by atoms with van der Waals surface area (Å²) in [7, 11) is 3.22. The highest BCUT2D eigenvalue weighted by Gasteiger charge is 2.34. The molecule has 0 saturated carbocycles. The predicted octanol–water partition coefficient (Wildman–Crippen LogP) is 6.43. The molecule has 4 aromatic carbocycles. The highest BCUT2D eigenvalue weighted by molar-refractivity contribution is 5.94. The molecule has 2 N–H and O–H groups in total. The summed E-state index contributed by atoms with van der Waals surface area (Å²) in [5.41, 5.74) is 3.66. The van der Waals surface area contributed by atoms with Gasteiger partial charge in [-0.1, -0.05) is 48.5 Å². The molecule has 3 atom stereocenters. The highest BCUT2D eigenvalue weighted by Crippen LogP contribution is 2.39. The first-order chi connectivity index (χ1) is 24.1. The quantitative estimate of drug-likeness (QED) is 0.112. The molecule has 0 radical (unpaired) electrons. The molecule has 13 heteroatoms. The fourth-order valence-corrected chi connectivity index (χ4v) is 6.29. The van der Waals surface area contributed by atoms with Crippen molar-refractivity contribution in [2.45, 2.75) is 51.0 Å². The second-order valence-electron chi connectivity index (χ2n) is 12.2. The van der Waals surface area contributed by atoms with E-state index in [0.717, 1.165) is 29.7 Å². The molecule has 50 heavy (non-hydrogen) atoms. The summed E-state index contributed by atoms with van der Waals surface area (Å²) in [5.74, 6) is -11.2. The van der Waals surface area contributed by atoms with Crippen LogP contribution in [0, 0.1) is 29.1 Å². The number of nitrogens with zero attached hydrogens (tertiary/aromatic N) is 1. The lowest BCUT2D eigenvalue weighted by molar-refractivity contribution is -0.253. The highest BCUT2D eigenvalue weighted by atomic mass is 19.2. The van der Waals surface area contributed by atoms with E-state index in [1.54, 1.807) is 38.5 Å². The third-order valence-corrected chi connectivity index (χ3v) is 9.02. The maximum Gasteiger partial charge on any atom is 0.257 e. The average molecular weight is 699 g/mol. The molecule has 2 aliphatic heterocycles. The normalized spacial score (nSPS) is 19.2. The molecule has 4 aromatic rings. The number of hydrogen-bond acceptors (Lipinski definition) is 7. The van der Waals surface area contributed by atoms with Gasteiger partial charge < -0.3 is 29.4 Å². The van der Waals surface area contributed by atoms with Gasteiger partial charge in [0.1, 0.15) is 5.56 Å². The van der Waals surface area contributed by atoms with Crippen molar-refractivity contribution in [2.24, 2.45) is 0 Å². The second-order valence-corrected chi connectivity index (χ2v) is 12.2. The molecule has 1 amide bonds. The largest absolute Gasteiger partial charge is 0.493 e. The van der Waals surface area contributed by atoms with Crippen LogP contribution in [0.5, 0.6) is 11.5 Å². The van der Waals surface area contributed by atoms with E-state index in [9.17, 15) is 31.9 Å². The zero-order chi connectivity index (χ0) is 35.5. The zero-order valence-electron chi connectivity index (χ0n) is 27.3. The third kappa shape index (κ3) is 7.31. The number of aliphatic hydroxyl groups is 1. The molecular formula is C37H35F5N2O6. The Bertz CT molecular complexity index is 1830. The van der Waals surface area contributed by atoms with Gasteiger partial charge in [-0.2, -0.15) is 0 Å². The number of fused-ring (bicyclic) bond motifs is 1. The Hall–Kier alpha value is -4.56. The lowest BCUT2D eigenvalue weighted by Crippen LogP contribution is -2.41. The lowest BCUT2D eigenvalue weighted by Gasteiger charge is -2.39. The SMILES string of the molecule is COc1cc2c(cc1OC)CN(C[C@H]1C[C@@H](c3ccc(CO)cc3)O[C@@H](c3ccc(CNC(=O)c4c(F)c(F)c(F)c(F)c4F)cc3)O1)CC2. The summed E-state index contributed by atoms with van der Waals surface area (Å²) in [6.07, 6.45) is 0.0871. The molecule has 264 valence electrons. The van der Waals surface area contributed by atoms with E-state index >= 15 is 0 Å². The minimum Gasteiger partial charge on any atom is -0.493 e. The van der Waals surface area contributed by atoms with Crippen molar-refractivity contribution in [1.82, 2.24) is 10.2 Å². The Labute approximate surface area is 285 Å². The number of aliphatic hydroxyl groups excluding tert-OH is 1. The summed E-state index contributed by atoms with van der Waals surface area (Å²) in [6, 6.07) is 18.3. The molecule has 0 aromatic heterocycles. The first kappa shape index (κ1) is 35.3. The van der Waals surface area contributed by atoms with E-state index in [-0.39, 0.29) is 25.4 Å². The molecule has 0 aliphatic carbocycles. The van der Waals surface area contributed by atoms with Gasteiger partial charge in [0.2, 0.25) is 5.82 Å². The number of ether oxygens (including phenoxy) is 4. The smallest absolute Gasteiger partial charge is 0.257 e. The summed E-state index contributed by atoms with van der Waals surface area (Å²) in [5, 5.41) is 11.7. The van der Waals surface area contributed by atoms with E-state index in [4.69, 9.17) is 18.9 Å². The maximum atomic E-state index is 14.1. The monoisotopic (exact) mass is 698 g/mol. The Kier molecular flexibility index (Phi) is 10.7. The molecule has 6 rings (SSSR count). The van der Waals surface area contributed by atoms with E-state index < -0.39 is 46.8 Å². The zero-order valence-corrected chi connectivity index (χ0v) is 27.3. The molecule has 1 fully saturated rings. The van der Waals surface area contributed by atoms with Crippen LogP contribution in [-0.4, -0.2) is 49.3 Å². The fraction of sp³-hybridized carbons (Fsp3) is 0.324. The van der Waals surface area contributed by atoms with Crippen LogP contribution in [-0.2, 0) is 35.6 Å². The van der Waals surface area contributed by atoms with E-state index in [1.807, 2.05) is 36.4 Å². The van der Waals surface area contributed by atoms with Gasteiger partial charge in [-0.3, -0.25) is 9.69 Å². The topological polar surface area (TPSA) is 89.5 Å². The molecule has 2 heterocycles. The maximum absolute atomic E-state index is 14.1. The van der Waals surface area contributed by atoms with Crippen LogP contribution in [0.1, 0.15) is 62.6 Å². The summed E-state index contributed by atoms with van der Waals surface area (Å²) >= 11 is 0. The molecule has 0 bridgehead atoms. The Balaban J connectivity index is 1.17. The van der Waals surface area contributed by atoms with Crippen LogP contribution >= 0.6 is 0 Å². The minimum atomic E-state index is -2.34. The van der Waals surface area contributed by atoms with Crippen molar-refractivity contribution >= 4 is 5.91 Å². The van der Waals surface area contributed by atoms with Crippen molar-refractivity contribution in [3.63, 3.8) is 0 Å². The van der Waals surface area contributed by atoms with Crippen molar-refractivity contribution in [3.8, 4) is 11.5 Å². The number of halogens is 5. The number of benzene rings is 4. The van der Waals surface area contributed by atoms with Crippen LogP contribution < -0.4 is 14.8 Å².